The van der Waals surface area contributed by atoms with E-state index < -0.39 is 0 Å². The molecule has 0 bridgehead atoms. The summed E-state index contributed by atoms with van der Waals surface area (Å²) < 4.78 is 5.05. The first-order valence-electron chi connectivity index (χ1n) is 7.95. The molecule has 1 aromatic heterocycles. The lowest BCUT2D eigenvalue weighted by Crippen LogP contribution is -2.48. The lowest BCUT2D eigenvalue weighted by molar-refractivity contribution is 0.0625. The summed E-state index contributed by atoms with van der Waals surface area (Å²) in [5, 5.41) is 10.0. The third-order valence-corrected chi connectivity index (χ3v) is 4.25. The number of methoxy groups -OCH3 is 1. The van der Waals surface area contributed by atoms with Gasteiger partial charge in [-0.3, -0.25) is 14.7 Å². The summed E-state index contributed by atoms with van der Waals surface area (Å²) in [5.41, 5.74) is 1.54. The molecule has 1 saturated heterocycles. The Morgan fingerprint density at radius 3 is 2.50 bits per heavy atom. The Kier molecular flexibility index (Phi) is 4.96. The third-order valence-electron chi connectivity index (χ3n) is 4.25. The first-order chi connectivity index (χ1) is 11.7. The fourth-order valence-corrected chi connectivity index (χ4v) is 2.85. The molecule has 126 valence electrons. The number of aromatic nitrogens is 1. The molecular weight excluding hydrogens is 306 g/mol. The van der Waals surface area contributed by atoms with Gasteiger partial charge in [-0.25, -0.2) is 0 Å². The van der Waals surface area contributed by atoms with E-state index in [1.165, 1.54) is 18.7 Å². The summed E-state index contributed by atoms with van der Waals surface area (Å²) in [6.45, 7) is 3.78. The van der Waals surface area contributed by atoms with Crippen LogP contribution in [0, 0.1) is 0 Å². The van der Waals surface area contributed by atoms with Gasteiger partial charge in [-0.1, -0.05) is 0 Å². The van der Waals surface area contributed by atoms with Gasteiger partial charge in [-0.05, 0) is 29.8 Å². The van der Waals surface area contributed by atoms with Crippen LogP contribution in [0.5, 0.6) is 11.5 Å². The first kappa shape index (κ1) is 16.3. The Hall–Kier alpha value is -2.60. The van der Waals surface area contributed by atoms with Crippen molar-refractivity contribution in [1.82, 2.24) is 14.8 Å². The van der Waals surface area contributed by atoms with Gasteiger partial charge in [0.05, 0.1) is 12.7 Å². The van der Waals surface area contributed by atoms with E-state index in [1.54, 1.807) is 29.4 Å². The van der Waals surface area contributed by atoms with Crippen molar-refractivity contribution in [3.8, 4) is 11.5 Å². The smallest absolute Gasteiger partial charge is 0.257 e. The van der Waals surface area contributed by atoms with Crippen molar-refractivity contribution in [3.63, 3.8) is 0 Å². The van der Waals surface area contributed by atoms with Crippen LogP contribution in [0.1, 0.15) is 15.9 Å². The number of rotatable bonds is 4. The minimum Gasteiger partial charge on any atom is -0.507 e. The zero-order valence-electron chi connectivity index (χ0n) is 13.7. The Balaban J connectivity index is 1.59. The number of amides is 1. The molecule has 6 heteroatoms. The number of hydrogen-bond donors (Lipinski definition) is 1. The largest absolute Gasteiger partial charge is 0.507 e. The van der Waals surface area contributed by atoms with Crippen molar-refractivity contribution < 1.29 is 14.6 Å². The molecule has 0 radical (unpaired) electrons. The van der Waals surface area contributed by atoms with Gasteiger partial charge >= 0.3 is 0 Å². The molecule has 1 aliphatic rings. The topological polar surface area (TPSA) is 65.9 Å². The van der Waals surface area contributed by atoms with Gasteiger partial charge in [0.2, 0.25) is 0 Å². The van der Waals surface area contributed by atoms with Crippen molar-refractivity contribution in [1.29, 1.82) is 0 Å². The average molecular weight is 327 g/mol. The molecular formula is C18H21N3O3. The molecule has 24 heavy (non-hydrogen) atoms. The summed E-state index contributed by atoms with van der Waals surface area (Å²) in [4.78, 5) is 20.7. The van der Waals surface area contributed by atoms with Gasteiger partial charge in [-0.2, -0.15) is 0 Å². The van der Waals surface area contributed by atoms with Gasteiger partial charge in [-0.15, -0.1) is 0 Å². The van der Waals surface area contributed by atoms with Gasteiger partial charge in [0.25, 0.3) is 5.91 Å². The molecule has 2 heterocycles. The molecule has 1 N–H and O–H groups in total. The molecule has 0 saturated carbocycles. The second-order valence-corrected chi connectivity index (χ2v) is 5.81. The van der Waals surface area contributed by atoms with Gasteiger partial charge < -0.3 is 14.7 Å². The van der Waals surface area contributed by atoms with Crippen LogP contribution in [0.15, 0.2) is 42.7 Å². The second kappa shape index (κ2) is 7.31. The number of hydrogen-bond acceptors (Lipinski definition) is 5. The van der Waals surface area contributed by atoms with Crippen LogP contribution in [-0.4, -0.2) is 59.1 Å². The van der Waals surface area contributed by atoms with Crippen molar-refractivity contribution in [2.75, 3.05) is 33.3 Å². The van der Waals surface area contributed by atoms with E-state index in [-0.39, 0.29) is 11.7 Å². The highest BCUT2D eigenvalue weighted by molar-refractivity contribution is 5.97. The van der Waals surface area contributed by atoms with Crippen molar-refractivity contribution in [2.24, 2.45) is 0 Å². The third kappa shape index (κ3) is 3.65. The molecule has 0 unspecified atom stereocenters. The fraction of sp³-hybridized carbons (Fsp3) is 0.333. The van der Waals surface area contributed by atoms with Crippen LogP contribution >= 0.6 is 0 Å². The van der Waals surface area contributed by atoms with Crippen molar-refractivity contribution >= 4 is 5.91 Å². The number of carbonyl (C=O) groups is 1. The highest BCUT2D eigenvalue weighted by Crippen LogP contribution is 2.25. The van der Waals surface area contributed by atoms with E-state index in [2.05, 4.69) is 9.88 Å². The maximum atomic E-state index is 12.6. The zero-order chi connectivity index (χ0) is 16.9. The molecule has 6 nitrogen and oxygen atoms in total. The maximum absolute atomic E-state index is 12.6. The van der Waals surface area contributed by atoms with Crippen LogP contribution in [0.25, 0.3) is 0 Å². The molecule has 2 aromatic rings. The number of benzene rings is 1. The SMILES string of the molecule is COc1ccc(C(=O)N2CCN(Cc3ccncc3)CC2)c(O)c1. The van der Waals surface area contributed by atoms with Gasteiger partial charge in [0.15, 0.2) is 0 Å². The molecule has 1 aromatic carbocycles. The van der Waals surface area contributed by atoms with E-state index in [4.69, 9.17) is 4.74 Å². The minimum absolute atomic E-state index is 0.0430. The predicted octanol–water partition coefficient (Wildman–Crippen LogP) is 1.75. The molecule has 0 aliphatic carbocycles. The Morgan fingerprint density at radius 2 is 1.88 bits per heavy atom. The predicted molar refractivity (Wildman–Crippen MR) is 90.1 cm³/mol. The number of pyridine rings is 1. The van der Waals surface area contributed by atoms with Crippen molar-refractivity contribution in [2.45, 2.75) is 6.54 Å². The standard InChI is InChI=1S/C18H21N3O3/c1-24-15-2-3-16(17(22)12-15)18(23)21-10-8-20(9-11-21)13-14-4-6-19-7-5-14/h2-7,12,22H,8-11,13H2,1H3. The molecule has 0 spiro atoms. The first-order valence-corrected chi connectivity index (χ1v) is 7.95. The van der Waals surface area contributed by atoms with E-state index in [0.717, 1.165) is 19.6 Å². The number of carbonyl (C=O) groups excluding carboxylic acids is 1. The minimum atomic E-state index is -0.140. The lowest BCUT2D eigenvalue weighted by Gasteiger charge is -2.34. The summed E-state index contributed by atoms with van der Waals surface area (Å²) in [6, 6.07) is 8.78. The van der Waals surface area contributed by atoms with E-state index in [9.17, 15) is 9.90 Å². The summed E-state index contributed by atoms with van der Waals surface area (Å²) in [6.07, 6.45) is 3.59. The molecule has 1 fully saturated rings. The summed E-state index contributed by atoms with van der Waals surface area (Å²) in [7, 11) is 1.53. The highest BCUT2D eigenvalue weighted by Gasteiger charge is 2.24. The highest BCUT2D eigenvalue weighted by atomic mass is 16.5. The average Bonchev–Trinajstić information content (AvgIpc) is 2.62. The molecule has 3 rings (SSSR count). The lowest BCUT2D eigenvalue weighted by atomic mass is 10.1. The van der Waals surface area contributed by atoms with Crippen molar-refractivity contribution in [3.05, 3.63) is 53.9 Å². The quantitative estimate of drug-likeness (QED) is 0.927. The number of ether oxygens (including phenoxy) is 1. The van der Waals surface area contributed by atoms with Gasteiger partial charge in [0.1, 0.15) is 11.5 Å². The van der Waals surface area contributed by atoms with Crippen LogP contribution < -0.4 is 4.74 Å². The molecule has 1 aliphatic heterocycles. The Bertz CT molecular complexity index is 698. The summed E-state index contributed by atoms with van der Waals surface area (Å²) in [5.74, 6) is 0.350. The monoisotopic (exact) mass is 327 g/mol. The van der Waals surface area contributed by atoms with Crippen LogP contribution in [0.2, 0.25) is 0 Å². The summed E-state index contributed by atoms with van der Waals surface area (Å²) >= 11 is 0. The van der Waals surface area contributed by atoms with Crippen LogP contribution in [0.3, 0.4) is 0 Å². The normalized spacial score (nSPS) is 15.3. The number of aromatic hydroxyl groups is 1. The number of piperazine rings is 1. The number of phenols is 1. The molecule has 1 amide bonds. The van der Waals surface area contributed by atoms with E-state index in [1.807, 2.05) is 12.1 Å². The zero-order valence-corrected chi connectivity index (χ0v) is 13.7. The second-order valence-electron chi connectivity index (χ2n) is 5.81. The Morgan fingerprint density at radius 1 is 1.17 bits per heavy atom. The fourth-order valence-electron chi connectivity index (χ4n) is 2.85. The van der Waals surface area contributed by atoms with Crippen LogP contribution in [-0.2, 0) is 6.54 Å². The maximum Gasteiger partial charge on any atom is 0.257 e. The number of phenolic OH excluding ortho intramolecular Hbond substituents is 1. The van der Waals surface area contributed by atoms with E-state index >= 15 is 0 Å². The van der Waals surface area contributed by atoms with E-state index in [0.29, 0.717) is 24.4 Å². The molecule has 0 atom stereocenters. The van der Waals surface area contributed by atoms with Crippen LogP contribution in [0.4, 0.5) is 0 Å². The number of nitrogens with zero attached hydrogens (tertiary/aromatic N) is 3. The Labute approximate surface area is 141 Å². The van der Waals surface area contributed by atoms with Gasteiger partial charge in [0, 0.05) is 51.2 Å².